The van der Waals surface area contributed by atoms with Gasteiger partial charge in [-0.05, 0) is 57.2 Å². The number of nitrogens with one attached hydrogen (secondary N) is 1. The van der Waals surface area contributed by atoms with Gasteiger partial charge in [0, 0.05) is 11.9 Å². The van der Waals surface area contributed by atoms with E-state index in [1.54, 1.807) is 23.0 Å². The average Bonchev–Trinajstić information content (AvgIpc) is 3.22. The van der Waals surface area contributed by atoms with Gasteiger partial charge >= 0.3 is 6.01 Å². The van der Waals surface area contributed by atoms with Crippen LogP contribution in [0.1, 0.15) is 31.3 Å². The summed E-state index contributed by atoms with van der Waals surface area (Å²) in [4.78, 5) is 21.6. The van der Waals surface area contributed by atoms with Crippen molar-refractivity contribution in [3.63, 3.8) is 0 Å². The summed E-state index contributed by atoms with van der Waals surface area (Å²) >= 11 is 0. The molecule has 0 atom stereocenters. The van der Waals surface area contributed by atoms with Crippen molar-refractivity contribution in [1.82, 2.24) is 19.7 Å². The van der Waals surface area contributed by atoms with E-state index in [-0.39, 0.29) is 17.5 Å². The van der Waals surface area contributed by atoms with E-state index in [0.717, 1.165) is 0 Å². The van der Waals surface area contributed by atoms with E-state index in [2.05, 4.69) is 20.4 Å². The molecule has 0 saturated heterocycles. The second-order valence-electron chi connectivity index (χ2n) is 7.96. The first-order valence-electron chi connectivity index (χ1n) is 9.93. The molecule has 0 spiro atoms. The number of hydrogen-bond donors (Lipinski definition) is 1. The third-order valence-electron chi connectivity index (χ3n) is 4.46. The topological polar surface area (TPSA) is 81.9 Å². The van der Waals surface area contributed by atoms with Crippen LogP contribution < -0.4 is 10.1 Å². The van der Waals surface area contributed by atoms with Gasteiger partial charge in [0.2, 0.25) is 0 Å². The molecule has 4 aromatic rings. The molecule has 0 unspecified atom stereocenters. The van der Waals surface area contributed by atoms with Gasteiger partial charge in [-0.25, -0.2) is 4.98 Å². The summed E-state index contributed by atoms with van der Waals surface area (Å²) < 4.78 is 7.56. The zero-order valence-corrected chi connectivity index (χ0v) is 17.6. The Hall–Kier alpha value is -4.00. The summed E-state index contributed by atoms with van der Waals surface area (Å²) in [5.41, 5.74) is 1.96. The summed E-state index contributed by atoms with van der Waals surface area (Å²) in [5, 5.41) is 7.44. The molecular formula is C24H23N5O2. The minimum Gasteiger partial charge on any atom is -0.424 e. The summed E-state index contributed by atoms with van der Waals surface area (Å²) in [6.45, 7) is 6.06. The number of nitrogens with zero attached hydrogens (tertiary/aromatic N) is 4. The second kappa shape index (κ2) is 8.39. The molecule has 1 amide bonds. The van der Waals surface area contributed by atoms with Crippen LogP contribution in [0.3, 0.4) is 0 Å². The van der Waals surface area contributed by atoms with Crippen LogP contribution in [-0.4, -0.2) is 25.7 Å². The predicted molar refractivity (Wildman–Crippen MR) is 119 cm³/mol. The quantitative estimate of drug-likeness (QED) is 0.490. The first kappa shape index (κ1) is 20.3. The maximum atomic E-state index is 12.8. The number of anilines is 1. The molecule has 2 aromatic heterocycles. The molecule has 1 N–H and O–H groups in total. The summed E-state index contributed by atoms with van der Waals surface area (Å²) in [5.74, 6) is 0.358. The van der Waals surface area contributed by atoms with Crippen LogP contribution in [0.2, 0.25) is 0 Å². The summed E-state index contributed by atoms with van der Waals surface area (Å²) in [6, 6.07) is 22.4. The van der Waals surface area contributed by atoms with Crippen molar-refractivity contribution in [1.29, 1.82) is 0 Å². The van der Waals surface area contributed by atoms with Crippen LogP contribution in [0.25, 0.3) is 11.4 Å². The van der Waals surface area contributed by atoms with Crippen molar-refractivity contribution in [2.45, 2.75) is 26.3 Å². The minimum atomic E-state index is -0.369. The fourth-order valence-corrected chi connectivity index (χ4v) is 3.03. The van der Waals surface area contributed by atoms with Crippen molar-refractivity contribution < 1.29 is 9.53 Å². The molecule has 0 radical (unpaired) electrons. The number of ether oxygens (including phenoxy) is 1. The third-order valence-corrected chi connectivity index (χ3v) is 4.46. The van der Waals surface area contributed by atoms with Gasteiger partial charge in [0.1, 0.15) is 5.75 Å². The van der Waals surface area contributed by atoms with Gasteiger partial charge in [-0.2, -0.15) is 10.1 Å². The predicted octanol–water partition coefficient (Wildman–Crippen LogP) is 5.14. The number of amides is 1. The van der Waals surface area contributed by atoms with E-state index in [1.807, 2.05) is 81.4 Å². The smallest absolute Gasteiger partial charge is 0.322 e. The molecule has 0 fully saturated rings. The van der Waals surface area contributed by atoms with Crippen LogP contribution in [-0.2, 0) is 5.54 Å². The number of para-hydroxylation sites is 2. The number of hydrogen-bond acceptors (Lipinski definition) is 5. The van der Waals surface area contributed by atoms with E-state index in [4.69, 9.17) is 4.74 Å². The zero-order valence-electron chi connectivity index (χ0n) is 17.6. The Kier molecular flexibility index (Phi) is 5.49. The Balaban J connectivity index is 1.67. The first-order valence-corrected chi connectivity index (χ1v) is 9.93. The second-order valence-corrected chi connectivity index (χ2v) is 7.96. The number of benzene rings is 2. The number of rotatable bonds is 5. The Morgan fingerprint density at radius 3 is 2.32 bits per heavy atom. The number of aromatic nitrogens is 4. The zero-order chi connectivity index (χ0) is 21.8. The molecule has 31 heavy (non-hydrogen) atoms. The maximum absolute atomic E-state index is 12.8. The molecule has 2 heterocycles. The minimum absolute atomic E-state index is 0.223. The van der Waals surface area contributed by atoms with Crippen LogP contribution in [0.15, 0.2) is 79.0 Å². The van der Waals surface area contributed by atoms with Crippen LogP contribution in [0.4, 0.5) is 5.69 Å². The van der Waals surface area contributed by atoms with Gasteiger partial charge in [-0.15, -0.1) is 0 Å². The number of carbonyl (C=O) groups is 1. The third kappa shape index (κ3) is 4.78. The van der Waals surface area contributed by atoms with Gasteiger partial charge < -0.3 is 10.1 Å². The first-order chi connectivity index (χ1) is 14.9. The fourth-order valence-electron chi connectivity index (χ4n) is 3.03. The van der Waals surface area contributed by atoms with Gasteiger partial charge in [0.15, 0.2) is 5.69 Å². The van der Waals surface area contributed by atoms with Gasteiger partial charge in [0.05, 0.1) is 16.9 Å². The molecule has 2 aromatic carbocycles. The highest BCUT2D eigenvalue weighted by molar-refractivity contribution is 6.03. The molecule has 156 valence electrons. The van der Waals surface area contributed by atoms with Crippen LogP contribution >= 0.6 is 0 Å². The molecule has 4 rings (SSSR count). The highest BCUT2D eigenvalue weighted by Gasteiger charge is 2.24. The van der Waals surface area contributed by atoms with Crippen LogP contribution in [0.5, 0.6) is 11.8 Å². The van der Waals surface area contributed by atoms with Crippen LogP contribution in [0, 0.1) is 0 Å². The molecule has 0 bridgehead atoms. The SMILES string of the molecule is CC(C)(C)n1nc(C(=O)Nc2ccccc2)cc1-c1ccnc(Oc2ccccc2)n1. The van der Waals surface area contributed by atoms with E-state index in [1.165, 1.54) is 0 Å². The lowest BCUT2D eigenvalue weighted by Crippen LogP contribution is -2.25. The molecule has 0 aliphatic rings. The van der Waals surface area contributed by atoms with E-state index in [9.17, 15) is 4.79 Å². The molecular weight excluding hydrogens is 390 g/mol. The molecule has 0 aliphatic heterocycles. The molecule has 0 aliphatic carbocycles. The van der Waals surface area contributed by atoms with Gasteiger partial charge in [-0.3, -0.25) is 9.48 Å². The lowest BCUT2D eigenvalue weighted by molar-refractivity contribution is 0.102. The maximum Gasteiger partial charge on any atom is 0.322 e. The van der Waals surface area contributed by atoms with E-state index < -0.39 is 0 Å². The normalized spacial score (nSPS) is 11.2. The number of carbonyl (C=O) groups excluding carboxylic acids is 1. The van der Waals surface area contributed by atoms with E-state index in [0.29, 0.717) is 28.5 Å². The lowest BCUT2D eigenvalue weighted by atomic mass is 10.1. The fraction of sp³-hybridized carbons (Fsp3) is 0.167. The highest BCUT2D eigenvalue weighted by atomic mass is 16.5. The van der Waals surface area contributed by atoms with Crippen molar-refractivity contribution in [3.05, 3.63) is 84.7 Å². The largest absolute Gasteiger partial charge is 0.424 e. The van der Waals surface area contributed by atoms with Gasteiger partial charge in [0.25, 0.3) is 5.91 Å². The average molecular weight is 413 g/mol. The van der Waals surface area contributed by atoms with Crippen molar-refractivity contribution >= 4 is 11.6 Å². The standard InChI is InChI=1S/C24H23N5O2/c1-24(2,3)29-21(16-20(28-29)22(30)26-17-10-6-4-7-11-17)19-14-15-25-23(27-19)31-18-12-8-5-9-13-18/h4-16H,1-3H3,(H,26,30). The Morgan fingerprint density at radius 2 is 1.65 bits per heavy atom. The van der Waals surface area contributed by atoms with Crippen molar-refractivity contribution in [2.75, 3.05) is 5.32 Å². The molecule has 7 heteroatoms. The molecule has 7 nitrogen and oxygen atoms in total. The lowest BCUT2D eigenvalue weighted by Gasteiger charge is -2.22. The Morgan fingerprint density at radius 1 is 0.968 bits per heavy atom. The van der Waals surface area contributed by atoms with Gasteiger partial charge in [-0.1, -0.05) is 36.4 Å². The molecule has 0 saturated carbocycles. The van der Waals surface area contributed by atoms with Crippen molar-refractivity contribution in [2.24, 2.45) is 0 Å². The van der Waals surface area contributed by atoms with Crippen molar-refractivity contribution in [3.8, 4) is 23.1 Å². The highest BCUT2D eigenvalue weighted by Crippen LogP contribution is 2.27. The van der Waals surface area contributed by atoms with E-state index >= 15 is 0 Å². The Labute approximate surface area is 180 Å². The summed E-state index contributed by atoms with van der Waals surface area (Å²) in [7, 11) is 0. The summed E-state index contributed by atoms with van der Waals surface area (Å²) in [6.07, 6.45) is 1.63. The Bertz CT molecular complexity index is 1180. The monoisotopic (exact) mass is 413 g/mol.